The Morgan fingerprint density at radius 3 is 1.26 bits per heavy atom. The van der Waals surface area contributed by atoms with Crippen LogP contribution < -0.4 is 41.6 Å². The molecule has 6 aliphatic rings. The second-order valence-electron chi connectivity index (χ2n) is 18.2. The van der Waals surface area contributed by atoms with Gasteiger partial charge in [0.2, 0.25) is 10.9 Å². The Morgan fingerprint density at radius 2 is 1.02 bits per heavy atom. The molecule has 2 aliphatic heterocycles. The molecular weight excluding hydrogens is 808 g/mol. The monoisotopic (exact) mass is 856 g/mol. The summed E-state index contributed by atoms with van der Waals surface area (Å²) in [6.45, 7) is 5.87. The third-order valence-corrected chi connectivity index (χ3v) is 14.1. The van der Waals surface area contributed by atoms with E-state index in [1.165, 1.54) is 23.4 Å². The van der Waals surface area contributed by atoms with Crippen molar-refractivity contribution in [3.05, 3.63) is 67.7 Å². The molecule has 3 unspecified atom stereocenters. The van der Waals surface area contributed by atoms with Crippen LogP contribution in [0.1, 0.15) is 85.2 Å². The number of carbonyl (C=O) groups is 2. The second kappa shape index (κ2) is 13.8. The molecule has 2 spiro atoms. The molecule has 4 aromatic rings. The van der Waals surface area contributed by atoms with Crippen LogP contribution in [0.15, 0.2) is 34.1 Å². The summed E-state index contributed by atoms with van der Waals surface area (Å²) in [6, 6.07) is 0.845. The molecule has 10 rings (SSSR count). The predicted molar refractivity (Wildman–Crippen MR) is 217 cm³/mol. The van der Waals surface area contributed by atoms with Crippen LogP contribution in [0, 0.1) is 22.5 Å². The van der Waals surface area contributed by atoms with E-state index in [4.69, 9.17) is 20.9 Å². The number of pyridine rings is 2. The Labute approximate surface area is 345 Å². The second-order valence-corrected chi connectivity index (χ2v) is 18.2. The molecule has 0 amide bonds. The van der Waals surface area contributed by atoms with Crippen LogP contribution in [0.2, 0.25) is 0 Å². The standard InChI is InChI=1S/2C21H23F2N3O4.H2O/c2*1-20(24)8-25(9-21(20)3-4-21)16-13(23)5-10-15(18(16)30-2)26(14-6-12(14)22)7-11(17(10)27)19(28)29;/h2*5,7,12,14H,3-4,6,8-9,24H2,1-2H3,(H,28,29);1H2/t12-,14+,20+;;/m0../s1. The maximum absolute atomic E-state index is 15.3. The van der Waals surface area contributed by atoms with Crippen LogP contribution in [0.4, 0.5) is 28.9 Å². The lowest BCUT2D eigenvalue weighted by Crippen LogP contribution is -2.45. The Morgan fingerprint density at radius 1 is 0.689 bits per heavy atom. The van der Waals surface area contributed by atoms with Crippen molar-refractivity contribution in [2.24, 2.45) is 22.3 Å². The summed E-state index contributed by atoms with van der Waals surface area (Å²) in [5, 5.41) is 18.5. The molecule has 19 heteroatoms. The number of aromatic nitrogens is 2. The molecule has 2 aromatic heterocycles. The maximum Gasteiger partial charge on any atom is 0.341 e. The van der Waals surface area contributed by atoms with Gasteiger partial charge in [0, 0.05) is 73.3 Å². The molecule has 8 N–H and O–H groups in total. The zero-order valence-corrected chi connectivity index (χ0v) is 34.0. The van der Waals surface area contributed by atoms with E-state index in [0.717, 1.165) is 50.2 Å². The van der Waals surface area contributed by atoms with E-state index in [1.807, 2.05) is 23.6 Å². The van der Waals surface area contributed by atoms with Crippen LogP contribution >= 0.6 is 0 Å². The van der Waals surface area contributed by atoms with Gasteiger partial charge in [0.05, 0.1) is 48.1 Å². The van der Waals surface area contributed by atoms with Crippen molar-refractivity contribution in [1.29, 1.82) is 0 Å². The first-order valence-electron chi connectivity index (χ1n) is 19.9. The molecule has 4 saturated carbocycles. The number of ether oxygens (including phenoxy) is 2. The fourth-order valence-electron chi connectivity index (χ4n) is 9.98. The van der Waals surface area contributed by atoms with E-state index in [0.29, 0.717) is 26.2 Å². The summed E-state index contributed by atoms with van der Waals surface area (Å²) in [5.41, 5.74) is 9.97. The Bertz CT molecular complexity index is 2480. The largest absolute Gasteiger partial charge is 0.492 e. The number of halogens is 4. The molecule has 61 heavy (non-hydrogen) atoms. The number of hydrogen-bond acceptors (Lipinski definition) is 10. The number of carboxylic acid groups (broad SMARTS) is 2. The molecule has 0 bridgehead atoms. The molecule has 6 atom stereocenters. The fourth-order valence-corrected chi connectivity index (χ4v) is 9.98. The number of rotatable bonds is 8. The van der Waals surface area contributed by atoms with Gasteiger partial charge in [-0.1, -0.05) is 0 Å². The van der Waals surface area contributed by atoms with Crippen LogP contribution in [-0.4, -0.2) is 101 Å². The number of benzene rings is 2. The molecule has 4 aliphatic carbocycles. The van der Waals surface area contributed by atoms with Crippen LogP contribution in [0.5, 0.6) is 11.5 Å². The lowest BCUT2D eigenvalue weighted by Gasteiger charge is -2.26. The van der Waals surface area contributed by atoms with Crippen LogP contribution in [0.3, 0.4) is 0 Å². The van der Waals surface area contributed by atoms with Crippen molar-refractivity contribution >= 4 is 45.1 Å². The van der Waals surface area contributed by atoms with Crippen molar-refractivity contribution in [1.82, 2.24) is 9.13 Å². The van der Waals surface area contributed by atoms with Gasteiger partial charge in [0.15, 0.2) is 23.1 Å². The highest BCUT2D eigenvalue weighted by molar-refractivity contribution is 5.98. The van der Waals surface area contributed by atoms with Gasteiger partial charge in [0.1, 0.15) is 34.8 Å². The first-order chi connectivity index (χ1) is 28.2. The third kappa shape index (κ3) is 6.32. The van der Waals surface area contributed by atoms with Gasteiger partial charge in [0.25, 0.3) is 0 Å². The maximum atomic E-state index is 15.3. The highest BCUT2D eigenvalue weighted by Gasteiger charge is 2.62. The quantitative estimate of drug-likeness (QED) is 0.184. The average molecular weight is 857 g/mol. The Balaban J connectivity index is 0.000000166. The van der Waals surface area contributed by atoms with Crippen LogP contribution in [0.25, 0.3) is 21.8 Å². The van der Waals surface area contributed by atoms with E-state index < -0.39 is 81.1 Å². The molecule has 15 nitrogen and oxygen atoms in total. The van der Waals surface area contributed by atoms with E-state index in [1.54, 1.807) is 0 Å². The summed E-state index contributed by atoms with van der Waals surface area (Å²) in [6.07, 6.45) is 4.20. The number of anilines is 2. The number of methoxy groups -OCH3 is 2. The molecule has 328 valence electrons. The van der Waals surface area contributed by atoms with Crippen molar-refractivity contribution in [3.63, 3.8) is 0 Å². The van der Waals surface area contributed by atoms with E-state index in [-0.39, 0.29) is 73.8 Å². The minimum atomic E-state index is -1.44. The van der Waals surface area contributed by atoms with Gasteiger partial charge in [-0.15, -0.1) is 0 Å². The zero-order chi connectivity index (χ0) is 43.2. The summed E-state index contributed by atoms with van der Waals surface area (Å²) < 4.78 is 72.6. The topological polar surface area (TPSA) is 227 Å². The fraction of sp³-hybridized carbons (Fsp3) is 0.524. The highest BCUT2D eigenvalue weighted by Crippen LogP contribution is 2.60. The van der Waals surface area contributed by atoms with Gasteiger partial charge >= 0.3 is 11.9 Å². The van der Waals surface area contributed by atoms with E-state index in [2.05, 4.69) is 0 Å². The minimum Gasteiger partial charge on any atom is -0.492 e. The third-order valence-electron chi connectivity index (χ3n) is 14.1. The molecule has 0 radical (unpaired) electrons. The minimum absolute atomic E-state index is 0. The number of fused-ring (bicyclic) bond motifs is 2. The number of hydrogen-bond donors (Lipinski definition) is 4. The number of carboxylic acids is 2. The van der Waals surface area contributed by atoms with Gasteiger partial charge in [-0.05, 0) is 51.7 Å². The molecular formula is C42H48F4N6O9. The normalized spacial score (nSPS) is 28.4. The molecule has 2 saturated heterocycles. The SMILES string of the molecule is COc1c(N2CC(C)(N)C3(CC3)C2)c(F)cc2c(=O)c(C(=O)O)cn(C3CC3F)c12.COc1c(N2CC3(CC3)[C@](C)(N)C2)c(F)cc2c(=O)c(C(=O)O)cn([C@@H]3C[C@@H]3F)c12.O. The average Bonchev–Trinajstić information content (AvgIpc) is 4.00. The Hall–Kier alpha value is -5.40. The van der Waals surface area contributed by atoms with Gasteiger partial charge in [-0.2, -0.15) is 0 Å². The zero-order valence-electron chi connectivity index (χ0n) is 34.0. The van der Waals surface area contributed by atoms with Crippen molar-refractivity contribution in [2.75, 3.05) is 50.2 Å². The first kappa shape index (κ1) is 42.3. The summed E-state index contributed by atoms with van der Waals surface area (Å²) >= 11 is 0. The van der Waals surface area contributed by atoms with Crippen molar-refractivity contribution < 1.29 is 52.3 Å². The van der Waals surface area contributed by atoms with Crippen LogP contribution in [-0.2, 0) is 0 Å². The Kier molecular flexibility index (Phi) is 9.57. The number of alkyl halides is 2. The predicted octanol–water partition coefficient (Wildman–Crippen LogP) is 4.07. The summed E-state index contributed by atoms with van der Waals surface area (Å²) in [5.74, 6) is -4.05. The van der Waals surface area contributed by atoms with Crippen molar-refractivity contribution in [2.45, 2.75) is 87.9 Å². The first-order valence-corrected chi connectivity index (χ1v) is 19.9. The van der Waals surface area contributed by atoms with Crippen molar-refractivity contribution in [3.8, 4) is 11.5 Å². The van der Waals surface area contributed by atoms with E-state index in [9.17, 15) is 38.2 Å². The number of aromatic carboxylic acids is 2. The lowest BCUT2D eigenvalue weighted by molar-refractivity contribution is 0.0684. The smallest absolute Gasteiger partial charge is 0.341 e. The molecule has 4 heterocycles. The summed E-state index contributed by atoms with van der Waals surface area (Å²) in [7, 11) is 2.73. The highest BCUT2D eigenvalue weighted by atomic mass is 19.1. The molecule has 6 fully saturated rings. The molecule has 2 aromatic carbocycles. The van der Waals surface area contributed by atoms with Gasteiger partial charge in [-0.3, -0.25) is 9.59 Å². The number of nitrogens with zero attached hydrogens (tertiary/aromatic N) is 4. The van der Waals surface area contributed by atoms with Gasteiger partial charge in [-0.25, -0.2) is 27.2 Å². The lowest BCUT2D eigenvalue weighted by atomic mass is 9.87. The van der Waals surface area contributed by atoms with Gasteiger partial charge < -0.3 is 55.6 Å². The number of nitrogens with two attached hydrogens (primary N) is 2. The summed E-state index contributed by atoms with van der Waals surface area (Å²) in [4.78, 5) is 52.3. The van der Waals surface area contributed by atoms with E-state index >= 15 is 8.78 Å².